The number of carbonyl (C=O) groups excluding carboxylic acids is 1. The van der Waals surface area contributed by atoms with Crippen molar-refractivity contribution in [3.05, 3.63) is 57.6 Å². The molecular weight excluding hydrogens is 388 g/mol. The maximum absolute atomic E-state index is 12.0. The molecule has 0 radical (unpaired) electrons. The second-order valence-corrected chi connectivity index (χ2v) is 6.52. The molecule has 9 nitrogen and oxygen atoms in total. The van der Waals surface area contributed by atoms with Crippen LogP contribution in [0.4, 0.5) is 16.2 Å². The molecule has 0 fully saturated rings. The number of nitrogens with one attached hydrogen (secondary N) is 2. The van der Waals surface area contributed by atoms with Gasteiger partial charge in [-0.3, -0.25) is 10.1 Å². The molecule has 0 aliphatic carbocycles. The topological polar surface area (TPSA) is 115 Å². The average molecular weight is 414 g/mol. The van der Waals surface area contributed by atoms with Crippen LogP contribution in [0.25, 0.3) is 0 Å². The van der Waals surface area contributed by atoms with Crippen molar-refractivity contribution in [3.63, 3.8) is 0 Å². The quantitative estimate of drug-likeness (QED) is 0.254. The number of amides is 2. The van der Waals surface area contributed by atoms with Crippen LogP contribution in [0.5, 0.6) is 11.5 Å². The van der Waals surface area contributed by atoms with Gasteiger partial charge < -0.3 is 14.8 Å². The Morgan fingerprint density at radius 1 is 1.27 bits per heavy atom. The summed E-state index contributed by atoms with van der Waals surface area (Å²) in [5, 5.41) is 18.0. The van der Waals surface area contributed by atoms with E-state index in [9.17, 15) is 14.9 Å². The van der Waals surface area contributed by atoms with Gasteiger partial charge in [0.2, 0.25) is 5.75 Å². The van der Waals surface area contributed by atoms with E-state index in [4.69, 9.17) is 9.47 Å². The second kappa shape index (κ2) is 11.4. The number of aryl methyl sites for hydroxylation is 1. The maximum atomic E-state index is 12.0. The standard InChI is InChI=1S/C21H26N4O5/c1-4-5-8-11-30-20-18(25(27)28)12-16(13-19(20)29-3)14-22-24-21(26)23-17-10-7-6-9-15(17)2/h6-7,9-10,12-14H,4-5,8,11H2,1-3H3,(H2,23,24,26)/b22-14-. The van der Waals surface area contributed by atoms with Crippen LogP contribution in [-0.4, -0.2) is 30.9 Å². The zero-order chi connectivity index (χ0) is 21.9. The number of urea groups is 1. The summed E-state index contributed by atoms with van der Waals surface area (Å²) in [6.45, 7) is 4.29. The van der Waals surface area contributed by atoms with Crippen molar-refractivity contribution in [1.82, 2.24) is 5.43 Å². The van der Waals surface area contributed by atoms with Crippen molar-refractivity contribution in [2.75, 3.05) is 19.0 Å². The lowest BCUT2D eigenvalue weighted by Crippen LogP contribution is -2.24. The van der Waals surface area contributed by atoms with Crippen molar-refractivity contribution in [1.29, 1.82) is 0 Å². The van der Waals surface area contributed by atoms with Gasteiger partial charge in [-0.05, 0) is 31.0 Å². The molecule has 9 heteroatoms. The molecule has 0 spiro atoms. The Hall–Kier alpha value is -3.62. The van der Waals surface area contributed by atoms with E-state index in [0.717, 1.165) is 24.8 Å². The summed E-state index contributed by atoms with van der Waals surface area (Å²) >= 11 is 0. The predicted octanol–water partition coefficient (Wildman–Crippen LogP) is 4.64. The molecule has 0 aromatic heterocycles. The van der Waals surface area contributed by atoms with Crippen LogP contribution in [0.2, 0.25) is 0 Å². The van der Waals surface area contributed by atoms with Crippen LogP contribution in [0.1, 0.15) is 37.3 Å². The van der Waals surface area contributed by atoms with E-state index in [1.165, 1.54) is 19.4 Å². The number of ether oxygens (including phenoxy) is 2. The highest BCUT2D eigenvalue weighted by Gasteiger charge is 2.22. The molecule has 2 amide bonds. The zero-order valence-corrected chi connectivity index (χ0v) is 17.3. The predicted molar refractivity (Wildman–Crippen MR) is 116 cm³/mol. The summed E-state index contributed by atoms with van der Waals surface area (Å²) < 4.78 is 10.9. The van der Waals surface area contributed by atoms with Gasteiger partial charge in [-0.1, -0.05) is 38.0 Å². The largest absolute Gasteiger partial charge is 0.493 e. The van der Waals surface area contributed by atoms with E-state index in [1.807, 2.05) is 25.1 Å². The fraction of sp³-hybridized carbons (Fsp3) is 0.333. The number of para-hydroxylation sites is 1. The van der Waals surface area contributed by atoms with Crippen LogP contribution >= 0.6 is 0 Å². The van der Waals surface area contributed by atoms with Gasteiger partial charge in [0.1, 0.15) is 0 Å². The van der Waals surface area contributed by atoms with Crippen molar-refractivity contribution in [2.24, 2.45) is 5.10 Å². The molecular formula is C21H26N4O5. The minimum Gasteiger partial charge on any atom is -0.493 e. The molecule has 0 atom stereocenters. The number of hydrogen-bond donors (Lipinski definition) is 2. The van der Waals surface area contributed by atoms with Gasteiger partial charge in [0, 0.05) is 17.3 Å². The Bertz CT molecular complexity index is 914. The third-order valence-electron chi connectivity index (χ3n) is 4.24. The Kier molecular flexibility index (Phi) is 8.61. The van der Waals surface area contributed by atoms with E-state index < -0.39 is 11.0 Å². The number of hydrazone groups is 1. The Balaban J connectivity index is 2.11. The number of unbranched alkanes of at least 4 members (excludes halogenated alkanes) is 2. The first-order chi connectivity index (χ1) is 14.5. The molecule has 0 aliphatic heterocycles. The molecule has 30 heavy (non-hydrogen) atoms. The highest BCUT2D eigenvalue weighted by Crippen LogP contribution is 2.38. The van der Waals surface area contributed by atoms with Crippen molar-refractivity contribution in [3.8, 4) is 11.5 Å². The fourth-order valence-electron chi connectivity index (χ4n) is 2.67. The van der Waals surface area contributed by atoms with Crippen molar-refractivity contribution in [2.45, 2.75) is 33.1 Å². The van der Waals surface area contributed by atoms with Gasteiger partial charge in [0.05, 0.1) is 24.9 Å². The lowest BCUT2D eigenvalue weighted by molar-refractivity contribution is -0.386. The molecule has 0 saturated heterocycles. The molecule has 2 N–H and O–H groups in total. The third-order valence-corrected chi connectivity index (χ3v) is 4.24. The summed E-state index contributed by atoms with van der Waals surface area (Å²) in [6.07, 6.45) is 4.08. The van der Waals surface area contributed by atoms with Crippen LogP contribution < -0.4 is 20.2 Å². The van der Waals surface area contributed by atoms with E-state index in [-0.39, 0.29) is 17.2 Å². The summed E-state index contributed by atoms with van der Waals surface area (Å²) in [6, 6.07) is 9.67. The fourth-order valence-corrected chi connectivity index (χ4v) is 2.67. The average Bonchev–Trinajstić information content (AvgIpc) is 2.73. The van der Waals surface area contributed by atoms with Crippen LogP contribution in [0, 0.1) is 17.0 Å². The summed E-state index contributed by atoms with van der Waals surface area (Å²) in [5.41, 5.74) is 4.06. The molecule has 0 saturated carbocycles. The number of rotatable bonds is 10. The molecule has 0 bridgehead atoms. The Morgan fingerprint density at radius 2 is 2.03 bits per heavy atom. The zero-order valence-electron chi connectivity index (χ0n) is 17.3. The van der Waals surface area contributed by atoms with Crippen LogP contribution in [0.15, 0.2) is 41.5 Å². The van der Waals surface area contributed by atoms with Crippen LogP contribution in [-0.2, 0) is 0 Å². The van der Waals surface area contributed by atoms with E-state index in [1.54, 1.807) is 12.1 Å². The first-order valence-corrected chi connectivity index (χ1v) is 9.61. The van der Waals surface area contributed by atoms with Gasteiger partial charge >= 0.3 is 11.7 Å². The molecule has 2 aromatic rings. The van der Waals surface area contributed by atoms with Gasteiger partial charge in [-0.15, -0.1) is 0 Å². The number of methoxy groups -OCH3 is 1. The second-order valence-electron chi connectivity index (χ2n) is 6.52. The van der Waals surface area contributed by atoms with Crippen LogP contribution in [0.3, 0.4) is 0 Å². The SMILES string of the molecule is CCCCCOc1c(OC)cc(/C=N\NC(=O)Nc2ccccc2C)cc1[N+](=O)[O-]. The lowest BCUT2D eigenvalue weighted by Gasteiger charge is -2.11. The van der Waals surface area contributed by atoms with Gasteiger partial charge in [0.15, 0.2) is 5.75 Å². The van der Waals surface area contributed by atoms with Gasteiger partial charge in [0.25, 0.3) is 0 Å². The first kappa shape index (κ1) is 22.7. The highest BCUT2D eigenvalue weighted by atomic mass is 16.6. The molecule has 0 unspecified atom stereocenters. The smallest absolute Gasteiger partial charge is 0.339 e. The molecule has 160 valence electrons. The van der Waals surface area contributed by atoms with E-state index in [2.05, 4.69) is 22.8 Å². The molecule has 0 heterocycles. The van der Waals surface area contributed by atoms with Crippen molar-refractivity contribution < 1.29 is 19.2 Å². The molecule has 0 aliphatic rings. The Morgan fingerprint density at radius 3 is 2.70 bits per heavy atom. The first-order valence-electron chi connectivity index (χ1n) is 9.61. The number of benzene rings is 2. The number of nitro benzene ring substituents is 1. The monoisotopic (exact) mass is 414 g/mol. The minimum absolute atomic E-state index is 0.0843. The number of nitrogens with zero attached hydrogens (tertiary/aromatic N) is 2. The number of anilines is 1. The molecule has 2 aromatic carbocycles. The summed E-state index contributed by atoms with van der Waals surface area (Å²) in [5.74, 6) is 0.313. The number of nitro groups is 1. The minimum atomic E-state index is -0.534. The highest BCUT2D eigenvalue weighted by molar-refractivity contribution is 5.91. The van der Waals surface area contributed by atoms with E-state index >= 15 is 0 Å². The Labute approximate surface area is 175 Å². The lowest BCUT2D eigenvalue weighted by atomic mass is 10.2. The molecule has 2 rings (SSSR count). The number of carbonyl (C=O) groups is 1. The number of hydrogen-bond acceptors (Lipinski definition) is 6. The van der Waals surface area contributed by atoms with E-state index in [0.29, 0.717) is 17.9 Å². The normalized spacial score (nSPS) is 10.6. The maximum Gasteiger partial charge on any atom is 0.339 e. The van der Waals surface area contributed by atoms with Gasteiger partial charge in [-0.2, -0.15) is 5.10 Å². The van der Waals surface area contributed by atoms with Crippen molar-refractivity contribution >= 4 is 23.6 Å². The third kappa shape index (κ3) is 6.47. The summed E-state index contributed by atoms with van der Waals surface area (Å²) in [4.78, 5) is 22.9. The summed E-state index contributed by atoms with van der Waals surface area (Å²) in [7, 11) is 1.41. The van der Waals surface area contributed by atoms with Gasteiger partial charge in [-0.25, -0.2) is 10.2 Å².